The van der Waals surface area contributed by atoms with Crippen LogP contribution in [0.5, 0.6) is 0 Å². The van der Waals surface area contributed by atoms with Crippen molar-refractivity contribution < 1.29 is 32.6 Å². The van der Waals surface area contributed by atoms with Crippen molar-refractivity contribution in [3.63, 3.8) is 0 Å². The van der Waals surface area contributed by atoms with Crippen LogP contribution in [0.25, 0.3) is 0 Å². The van der Waals surface area contributed by atoms with E-state index in [0.717, 1.165) is 25.3 Å². The number of carboxylic acid groups (broad SMARTS) is 1. The van der Waals surface area contributed by atoms with Crippen LogP contribution in [0.2, 0.25) is 5.02 Å². The number of anilines is 1. The van der Waals surface area contributed by atoms with Crippen LogP contribution in [0.4, 0.5) is 18.9 Å². The second-order valence-electron chi connectivity index (χ2n) is 4.30. The number of nitrogens with zero attached hydrogens (tertiary/aromatic N) is 1. The molecule has 1 N–H and O–H groups in total. The minimum Gasteiger partial charge on any atom is -0.481 e. The van der Waals surface area contributed by atoms with E-state index in [1.165, 1.54) is 4.90 Å². The first-order chi connectivity index (χ1) is 10.1. The molecule has 9 heteroatoms. The van der Waals surface area contributed by atoms with Gasteiger partial charge < -0.3 is 14.7 Å². The Hall–Kier alpha value is -1.96. The summed E-state index contributed by atoms with van der Waals surface area (Å²) >= 11 is 5.61. The first-order valence-electron chi connectivity index (χ1n) is 6.05. The van der Waals surface area contributed by atoms with Crippen molar-refractivity contribution >= 4 is 29.2 Å². The average molecular weight is 340 g/mol. The number of carboxylic acids is 1. The quantitative estimate of drug-likeness (QED) is 0.807. The Morgan fingerprint density at radius 3 is 2.45 bits per heavy atom. The fraction of sp³-hybridized carbons (Fsp3) is 0.385. The number of hydrogen-bond donors (Lipinski definition) is 1. The third-order valence-electron chi connectivity index (χ3n) is 2.77. The molecule has 0 atom stereocenters. The van der Waals surface area contributed by atoms with Gasteiger partial charge in [0.2, 0.25) is 0 Å². The van der Waals surface area contributed by atoms with Crippen LogP contribution in [-0.4, -0.2) is 37.2 Å². The molecule has 0 aliphatic rings. The van der Waals surface area contributed by atoms with Crippen molar-refractivity contribution in [2.45, 2.75) is 12.6 Å². The number of carbonyl (C=O) groups excluding carboxylic acids is 1. The summed E-state index contributed by atoms with van der Waals surface area (Å²) in [5, 5.41) is 8.16. The third kappa shape index (κ3) is 5.10. The molecule has 0 saturated carbocycles. The smallest absolute Gasteiger partial charge is 0.417 e. The van der Waals surface area contributed by atoms with Crippen molar-refractivity contribution in [3.05, 3.63) is 28.8 Å². The highest BCUT2D eigenvalue weighted by atomic mass is 35.5. The molecular weight excluding hydrogens is 327 g/mol. The highest BCUT2D eigenvalue weighted by molar-refractivity contribution is 6.31. The van der Waals surface area contributed by atoms with Gasteiger partial charge in [0.05, 0.1) is 24.1 Å². The number of rotatable bonds is 6. The normalized spacial score (nSPS) is 11.1. The monoisotopic (exact) mass is 339 g/mol. The second kappa shape index (κ2) is 7.35. The minimum absolute atomic E-state index is 0.0773. The summed E-state index contributed by atoms with van der Waals surface area (Å²) in [6, 6.07) is 2.94. The molecule has 0 aliphatic carbocycles. The van der Waals surface area contributed by atoms with Crippen LogP contribution >= 0.6 is 11.6 Å². The Balaban J connectivity index is 3.05. The van der Waals surface area contributed by atoms with E-state index in [4.69, 9.17) is 16.7 Å². The Morgan fingerprint density at radius 2 is 2.00 bits per heavy atom. The lowest BCUT2D eigenvalue weighted by molar-refractivity contribution is -0.140. The SMILES string of the molecule is COC(=O)CN(CCC(=O)O)c1ccc(C(F)(F)F)c(Cl)c1. The summed E-state index contributed by atoms with van der Waals surface area (Å²) in [6.45, 7) is -0.377. The van der Waals surface area contributed by atoms with Crippen molar-refractivity contribution in [1.29, 1.82) is 0 Å². The zero-order chi connectivity index (χ0) is 16.9. The second-order valence-corrected chi connectivity index (χ2v) is 4.71. The fourth-order valence-corrected chi connectivity index (χ4v) is 1.96. The van der Waals surface area contributed by atoms with Crippen LogP contribution in [0.3, 0.4) is 0 Å². The van der Waals surface area contributed by atoms with Crippen LogP contribution in [0.1, 0.15) is 12.0 Å². The van der Waals surface area contributed by atoms with Gasteiger partial charge in [0.15, 0.2) is 0 Å². The maximum Gasteiger partial charge on any atom is 0.417 e. The number of esters is 1. The van der Waals surface area contributed by atoms with E-state index in [-0.39, 0.29) is 25.2 Å². The van der Waals surface area contributed by atoms with Crippen LogP contribution in [0.15, 0.2) is 18.2 Å². The number of ether oxygens (including phenoxy) is 1. The van der Waals surface area contributed by atoms with Gasteiger partial charge in [-0.2, -0.15) is 13.2 Å². The summed E-state index contributed by atoms with van der Waals surface area (Å²) in [6.07, 6.45) is -4.89. The van der Waals surface area contributed by atoms with Crippen LogP contribution in [0, 0.1) is 0 Å². The Bertz CT molecular complexity index is 563. The molecule has 0 saturated heterocycles. The van der Waals surface area contributed by atoms with E-state index in [2.05, 4.69) is 4.74 Å². The topological polar surface area (TPSA) is 66.8 Å². The van der Waals surface area contributed by atoms with Gasteiger partial charge in [-0.3, -0.25) is 9.59 Å². The van der Waals surface area contributed by atoms with Crippen molar-refractivity contribution in [2.75, 3.05) is 25.1 Å². The maximum atomic E-state index is 12.7. The molecule has 0 bridgehead atoms. The molecule has 0 aromatic heterocycles. The molecular formula is C13H13ClF3NO4. The average Bonchev–Trinajstić information content (AvgIpc) is 2.41. The summed E-state index contributed by atoms with van der Waals surface area (Å²) < 4.78 is 42.4. The standard InChI is InChI=1S/C13H13ClF3NO4/c1-22-12(21)7-18(5-4-11(19)20)8-2-3-9(10(14)6-8)13(15,16)17/h2-3,6H,4-5,7H2,1H3,(H,19,20). The molecule has 22 heavy (non-hydrogen) atoms. The fourth-order valence-electron chi connectivity index (χ4n) is 1.68. The highest BCUT2D eigenvalue weighted by Gasteiger charge is 2.33. The molecule has 0 amide bonds. The molecule has 0 radical (unpaired) electrons. The zero-order valence-electron chi connectivity index (χ0n) is 11.5. The van der Waals surface area contributed by atoms with Gasteiger partial charge in [-0.25, -0.2) is 0 Å². The van der Waals surface area contributed by atoms with Gasteiger partial charge >= 0.3 is 18.1 Å². The van der Waals surface area contributed by atoms with Gasteiger partial charge in [0.1, 0.15) is 6.54 Å². The van der Waals surface area contributed by atoms with Gasteiger partial charge in [-0.05, 0) is 18.2 Å². The predicted molar refractivity (Wildman–Crippen MR) is 72.9 cm³/mol. The molecule has 0 fully saturated rings. The molecule has 0 unspecified atom stereocenters. The van der Waals surface area contributed by atoms with E-state index in [0.29, 0.717) is 0 Å². The van der Waals surface area contributed by atoms with Gasteiger partial charge in [-0.1, -0.05) is 11.6 Å². The van der Waals surface area contributed by atoms with Crippen LogP contribution < -0.4 is 4.90 Å². The van der Waals surface area contributed by atoms with E-state index in [1.807, 2.05) is 0 Å². The summed E-state index contributed by atoms with van der Waals surface area (Å²) in [4.78, 5) is 23.2. The molecule has 122 valence electrons. The molecule has 1 aromatic carbocycles. The molecule has 5 nitrogen and oxygen atoms in total. The van der Waals surface area contributed by atoms with Crippen molar-refractivity contribution in [2.24, 2.45) is 0 Å². The highest BCUT2D eigenvalue weighted by Crippen LogP contribution is 2.36. The van der Waals surface area contributed by atoms with E-state index < -0.39 is 28.7 Å². The minimum atomic E-state index is -4.59. The lowest BCUT2D eigenvalue weighted by atomic mass is 10.1. The number of hydrogen-bond acceptors (Lipinski definition) is 4. The first kappa shape index (κ1) is 18.1. The number of aliphatic carboxylic acids is 1. The van der Waals surface area contributed by atoms with E-state index in [1.54, 1.807) is 0 Å². The molecule has 0 heterocycles. The maximum absolute atomic E-state index is 12.7. The van der Waals surface area contributed by atoms with E-state index >= 15 is 0 Å². The number of benzene rings is 1. The summed E-state index contributed by atoms with van der Waals surface area (Å²) in [7, 11) is 1.15. The summed E-state index contributed by atoms with van der Waals surface area (Å²) in [5.74, 6) is -1.76. The Morgan fingerprint density at radius 1 is 1.36 bits per heavy atom. The van der Waals surface area contributed by atoms with Crippen molar-refractivity contribution in [3.8, 4) is 0 Å². The molecule has 0 aliphatic heterocycles. The zero-order valence-corrected chi connectivity index (χ0v) is 12.2. The molecule has 0 spiro atoms. The number of methoxy groups -OCH3 is 1. The summed E-state index contributed by atoms with van der Waals surface area (Å²) in [5.41, 5.74) is -0.807. The van der Waals surface area contributed by atoms with Gasteiger partial charge in [0, 0.05) is 12.2 Å². The largest absolute Gasteiger partial charge is 0.481 e. The van der Waals surface area contributed by atoms with Crippen LogP contribution in [-0.2, 0) is 20.5 Å². The molecule has 1 aromatic rings. The van der Waals surface area contributed by atoms with Crippen molar-refractivity contribution in [1.82, 2.24) is 0 Å². The first-order valence-corrected chi connectivity index (χ1v) is 6.43. The third-order valence-corrected chi connectivity index (χ3v) is 3.08. The van der Waals surface area contributed by atoms with Gasteiger partial charge in [-0.15, -0.1) is 0 Å². The molecule has 1 rings (SSSR count). The predicted octanol–water partition coefficient (Wildman–Crippen LogP) is 2.81. The lowest BCUT2D eigenvalue weighted by Crippen LogP contribution is -2.32. The number of halogens is 4. The van der Waals surface area contributed by atoms with E-state index in [9.17, 15) is 22.8 Å². The number of carbonyl (C=O) groups is 2. The lowest BCUT2D eigenvalue weighted by Gasteiger charge is -2.23. The van der Waals surface area contributed by atoms with Gasteiger partial charge in [0.25, 0.3) is 0 Å². The number of alkyl halides is 3. The Kier molecular flexibility index (Phi) is 6.04. The Labute approximate surface area is 129 Å².